The van der Waals surface area contributed by atoms with Gasteiger partial charge in [-0.3, -0.25) is 19.1 Å². The number of alkyl halides is 1. The van der Waals surface area contributed by atoms with Crippen LogP contribution in [0.15, 0.2) is 64.8 Å². The van der Waals surface area contributed by atoms with Gasteiger partial charge in [-0.15, -0.1) is 11.6 Å². The number of nitrogens with zero attached hydrogens (tertiary/aromatic N) is 7. The van der Waals surface area contributed by atoms with Crippen molar-refractivity contribution in [1.82, 2.24) is 44.4 Å². The van der Waals surface area contributed by atoms with Gasteiger partial charge in [-0.2, -0.15) is 15.0 Å². The van der Waals surface area contributed by atoms with Crippen molar-refractivity contribution in [2.75, 3.05) is 95.7 Å². The van der Waals surface area contributed by atoms with E-state index < -0.39 is 5.56 Å². The van der Waals surface area contributed by atoms with Crippen molar-refractivity contribution >= 4 is 75.1 Å². The maximum absolute atomic E-state index is 13.4. The largest absolute Gasteiger partial charge is 0.379 e. The number of hydrogen-bond donors (Lipinski definition) is 4. The molecule has 0 saturated heterocycles. The Morgan fingerprint density at radius 3 is 1.91 bits per heavy atom. The summed E-state index contributed by atoms with van der Waals surface area (Å²) in [5, 5.41) is 3.55. The highest BCUT2D eigenvalue weighted by Crippen LogP contribution is 2.24. The molecule has 0 aliphatic heterocycles. The number of nitrogens with one attached hydrogen (secondary N) is 2. The molecule has 0 radical (unpaired) electrons. The number of amides is 1. The Morgan fingerprint density at radius 1 is 0.712 bits per heavy atom. The molecular weight excluding hydrogens is 924 g/mol. The normalized spacial score (nSPS) is 11.3. The molecule has 0 fully saturated rings. The van der Waals surface area contributed by atoms with E-state index in [2.05, 4.69) is 35.2 Å². The van der Waals surface area contributed by atoms with Crippen molar-refractivity contribution in [1.29, 1.82) is 0 Å². The lowest BCUT2D eigenvalue weighted by atomic mass is 10.2. The van der Waals surface area contributed by atoms with E-state index in [0.29, 0.717) is 107 Å². The van der Waals surface area contributed by atoms with Crippen LogP contribution >= 0.6 is 35.0 Å². The van der Waals surface area contributed by atoms with Crippen LogP contribution in [0.25, 0.3) is 22.3 Å². The Hall–Kier alpha value is -5.00. The number of H-pyrrole nitrogens is 1. The van der Waals surface area contributed by atoms with Gasteiger partial charge in [0.15, 0.2) is 27.1 Å². The first-order valence-electron chi connectivity index (χ1n) is 21.3. The molecule has 2 aromatic carbocycles. The van der Waals surface area contributed by atoms with Crippen molar-refractivity contribution < 1.29 is 37.3 Å². The lowest BCUT2D eigenvalue weighted by Crippen LogP contribution is -2.27. The average Bonchev–Trinajstić information content (AvgIpc) is 3.86. The summed E-state index contributed by atoms with van der Waals surface area (Å²) < 4.78 is 57.2. The lowest BCUT2D eigenvalue weighted by molar-refractivity contribution is -0.120. The molecule has 6 aromatic rings. The number of aromatic nitrogens is 8. The smallest absolute Gasteiger partial charge is 0.280 e. The van der Waals surface area contributed by atoms with Crippen molar-refractivity contribution in [3.05, 3.63) is 93.1 Å². The Morgan fingerprint density at radius 2 is 1.29 bits per heavy atom. The zero-order valence-corrected chi connectivity index (χ0v) is 38.7. The van der Waals surface area contributed by atoms with Gasteiger partial charge in [0.2, 0.25) is 17.8 Å². The first-order valence-corrected chi connectivity index (χ1v) is 23.2. The average molecular weight is 979 g/mol. The van der Waals surface area contributed by atoms with E-state index in [-0.39, 0.29) is 46.5 Å². The summed E-state index contributed by atoms with van der Waals surface area (Å²) in [6.45, 7) is 6.21. The number of imidazole rings is 2. The molecule has 6 rings (SSSR count). The van der Waals surface area contributed by atoms with Gasteiger partial charge in [-0.05, 0) is 48.2 Å². The molecule has 4 heterocycles. The number of carbonyl (C=O) groups is 1. The van der Waals surface area contributed by atoms with Gasteiger partial charge in [-0.1, -0.05) is 60.5 Å². The molecule has 0 unspecified atom stereocenters. The zero-order valence-electron chi connectivity index (χ0n) is 36.4. The number of rotatable bonds is 29. The van der Waals surface area contributed by atoms with Crippen molar-refractivity contribution in [3.63, 3.8) is 0 Å². The molecule has 23 heteroatoms. The van der Waals surface area contributed by atoms with Crippen LogP contribution in [0.5, 0.6) is 0 Å². The van der Waals surface area contributed by atoms with Gasteiger partial charge in [0.1, 0.15) is 17.2 Å². The molecule has 4 aromatic heterocycles. The maximum atomic E-state index is 13.4. The Balaban J connectivity index is 0.000000353. The second-order valence-corrected chi connectivity index (χ2v) is 16.2. The number of halogens is 4. The summed E-state index contributed by atoms with van der Waals surface area (Å²) in [4.78, 5) is 48.0. The monoisotopic (exact) mass is 977 g/mol. The molecule has 0 atom stereocenters. The zero-order chi connectivity index (χ0) is 46.9. The number of hydrogen-bond acceptors (Lipinski definition) is 15. The highest BCUT2D eigenvalue weighted by Gasteiger charge is 2.17. The second kappa shape index (κ2) is 28.9. The van der Waals surface area contributed by atoms with Gasteiger partial charge in [0.25, 0.3) is 5.56 Å². The minimum Gasteiger partial charge on any atom is -0.379 e. The number of ether oxygens (including phenoxy) is 5. The van der Waals surface area contributed by atoms with E-state index in [1.165, 1.54) is 36.0 Å². The minimum atomic E-state index is -0.456. The third-order valence-corrected chi connectivity index (χ3v) is 10.8. The van der Waals surface area contributed by atoms with Crippen LogP contribution in [0.1, 0.15) is 43.2 Å². The van der Waals surface area contributed by atoms with Crippen LogP contribution in [-0.2, 0) is 41.6 Å². The molecule has 0 aliphatic rings. The van der Waals surface area contributed by atoms with Crippen molar-refractivity contribution in [2.24, 2.45) is 0 Å². The fraction of sp³-hybridized carbons (Fsp3) is 0.465. The SMILES string of the molecule is Nc1nc(Cl)c2ncn(Cc3ccc(F)cc3)c2n1.Nc1nc2c(nc(SCCC(=O)NCCOCCOCCOCCOCCOCCCCCCCl)n2Cc2ccc(F)cc2)c(=O)[nH]1. The summed E-state index contributed by atoms with van der Waals surface area (Å²) in [6, 6.07) is 12.2. The highest BCUT2D eigenvalue weighted by atomic mass is 35.5. The number of nitrogens with two attached hydrogens (primary N) is 2. The van der Waals surface area contributed by atoms with Crippen LogP contribution in [-0.4, -0.2) is 129 Å². The third-order valence-electron chi connectivity index (χ3n) is 9.34. The molecule has 0 bridgehead atoms. The summed E-state index contributed by atoms with van der Waals surface area (Å²) in [5.74, 6) is 0.452. The van der Waals surface area contributed by atoms with Crippen LogP contribution in [0, 0.1) is 11.6 Å². The molecule has 0 spiro atoms. The van der Waals surface area contributed by atoms with Gasteiger partial charge >= 0.3 is 0 Å². The van der Waals surface area contributed by atoms with E-state index >= 15 is 0 Å². The number of aromatic amines is 1. The van der Waals surface area contributed by atoms with Gasteiger partial charge in [-0.25, -0.2) is 18.7 Å². The van der Waals surface area contributed by atoms with Crippen molar-refractivity contribution in [3.8, 4) is 0 Å². The standard InChI is InChI=1S/C31H46ClFN6O7S.C12H9ClFN5/c32-10-3-1-2-4-12-42-14-16-44-18-20-46-21-19-45-17-15-43-13-11-35-26(40)9-22-47-31-36-27-28(37-30(34)38-29(27)41)39(31)23-24-5-7-25(33)8-6-24;13-10-9-11(18-12(15)17-10)19(6-16-9)5-7-1-3-8(14)4-2-7/h5-8H,1-4,9-23H2,(H,35,40)(H3,34,37,38,41);1-4,6H,5H2,(H2,15,17,18). The van der Waals surface area contributed by atoms with Crippen molar-refractivity contribution in [2.45, 2.75) is 50.4 Å². The van der Waals surface area contributed by atoms with Crippen LogP contribution in [0.3, 0.4) is 0 Å². The topological polar surface area (TPSA) is 234 Å². The first-order chi connectivity index (χ1) is 32.1. The number of nitrogen functional groups attached to an aromatic ring is 2. The van der Waals surface area contributed by atoms with E-state index in [4.69, 9.17) is 58.4 Å². The van der Waals surface area contributed by atoms with Gasteiger partial charge in [0, 0.05) is 31.2 Å². The molecule has 18 nitrogen and oxygen atoms in total. The minimum absolute atomic E-state index is 0.0311. The second-order valence-electron chi connectivity index (χ2n) is 14.4. The molecule has 0 aliphatic carbocycles. The number of unbranched alkanes of at least 4 members (excludes halogenated alkanes) is 3. The molecule has 358 valence electrons. The van der Waals surface area contributed by atoms with Gasteiger partial charge in [0.05, 0.1) is 78.9 Å². The summed E-state index contributed by atoms with van der Waals surface area (Å²) >= 11 is 12.9. The number of thioether (sulfide) groups is 1. The van der Waals surface area contributed by atoms with Crippen LogP contribution in [0.2, 0.25) is 5.15 Å². The third kappa shape index (κ3) is 18.0. The Labute approximate surface area is 394 Å². The summed E-state index contributed by atoms with van der Waals surface area (Å²) in [6.07, 6.45) is 6.25. The predicted octanol–water partition coefficient (Wildman–Crippen LogP) is 5.62. The molecular formula is C43H55Cl2F2N11O7S. The van der Waals surface area contributed by atoms with E-state index in [9.17, 15) is 18.4 Å². The van der Waals surface area contributed by atoms with E-state index in [1.807, 2.05) is 0 Å². The fourth-order valence-electron chi connectivity index (χ4n) is 6.08. The summed E-state index contributed by atoms with van der Waals surface area (Å²) in [5.41, 5.74) is 14.1. The van der Waals surface area contributed by atoms with Crippen LogP contribution < -0.4 is 22.3 Å². The number of anilines is 2. The van der Waals surface area contributed by atoms with E-state index in [0.717, 1.165) is 49.3 Å². The Kier molecular flexibility index (Phi) is 22.8. The molecule has 66 heavy (non-hydrogen) atoms. The summed E-state index contributed by atoms with van der Waals surface area (Å²) in [7, 11) is 0. The lowest BCUT2D eigenvalue weighted by Gasteiger charge is -2.09. The Bertz CT molecular complexity index is 2430. The predicted molar refractivity (Wildman–Crippen MR) is 250 cm³/mol. The maximum Gasteiger partial charge on any atom is 0.280 e. The van der Waals surface area contributed by atoms with Gasteiger partial charge < -0.3 is 45.0 Å². The molecule has 6 N–H and O–H groups in total. The molecule has 1 amide bonds. The quantitative estimate of drug-likeness (QED) is 0.0193. The van der Waals surface area contributed by atoms with Crippen LogP contribution in [0.4, 0.5) is 20.7 Å². The molecule has 0 saturated carbocycles. The number of carbonyl (C=O) groups excluding carboxylic acids is 1. The highest BCUT2D eigenvalue weighted by molar-refractivity contribution is 7.99. The fourth-order valence-corrected chi connectivity index (χ4v) is 7.42. The number of benzene rings is 2. The number of fused-ring (bicyclic) bond motifs is 2. The van der Waals surface area contributed by atoms with E-state index in [1.54, 1.807) is 39.7 Å². The first kappa shape index (κ1) is 52.0.